The van der Waals surface area contributed by atoms with E-state index in [0.29, 0.717) is 29.2 Å². The van der Waals surface area contributed by atoms with Crippen LogP contribution in [0, 0.1) is 16.0 Å². The van der Waals surface area contributed by atoms with Crippen LogP contribution in [0.3, 0.4) is 0 Å². The van der Waals surface area contributed by atoms with E-state index in [-0.39, 0.29) is 5.69 Å². The smallest absolute Gasteiger partial charge is 0.295 e. The highest BCUT2D eigenvalue weighted by Crippen LogP contribution is 2.30. The molecule has 1 aliphatic rings. The molecule has 1 aromatic heterocycles. The van der Waals surface area contributed by atoms with E-state index in [4.69, 9.17) is 4.74 Å². The molecule has 0 aliphatic carbocycles. The summed E-state index contributed by atoms with van der Waals surface area (Å²) in [6.45, 7) is 2.75. The number of rotatable bonds is 5. The highest BCUT2D eigenvalue weighted by molar-refractivity contribution is 5.91. The summed E-state index contributed by atoms with van der Waals surface area (Å²) in [5.41, 5.74) is 0.389. The number of hydrogen-bond acceptors (Lipinski definition) is 5. The maximum absolute atomic E-state index is 11.0. The number of aromatic nitrogens is 1. The van der Waals surface area contributed by atoms with Crippen molar-refractivity contribution in [3.05, 3.63) is 40.6 Å². The van der Waals surface area contributed by atoms with Crippen LogP contribution in [0.2, 0.25) is 0 Å². The summed E-state index contributed by atoms with van der Waals surface area (Å²) in [6, 6.07) is 6.69. The van der Waals surface area contributed by atoms with Crippen LogP contribution in [0.4, 0.5) is 5.69 Å². The van der Waals surface area contributed by atoms with Crippen LogP contribution in [-0.2, 0) is 0 Å². The van der Waals surface area contributed by atoms with Crippen molar-refractivity contribution in [2.45, 2.75) is 12.8 Å². The Labute approximate surface area is 122 Å². The summed E-state index contributed by atoms with van der Waals surface area (Å²) in [5.74, 6) is 1.32. The number of nitro benzene ring substituents is 1. The molecule has 3 rings (SSSR count). The van der Waals surface area contributed by atoms with Crippen LogP contribution < -0.4 is 10.1 Å². The zero-order valence-electron chi connectivity index (χ0n) is 11.6. The number of nitrogens with one attached hydrogen (secondary N) is 1. The Bertz CT molecular complexity index is 654. The van der Waals surface area contributed by atoms with Gasteiger partial charge in [0.2, 0.25) is 0 Å². The van der Waals surface area contributed by atoms with Gasteiger partial charge in [-0.15, -0.1) is 0 Å². The first-order valence-electron chi connectivity index (χ1n) is 7.11. The number of fused-ring (bicyclic) bond motifs is 1. The average molecular weight is 287 g/mol. The van der Waals surface area contributed by atoms with E-state index in [1.165, 1.54) is 12.5 Å². The molecule has 1 fully saturated rings. The molecule has 1 atom stereocenters. The van der Waals surface area contributed by atoms with Crippen molar-refractivity contribution in [3.8, 4) is 5.75 Å². The Kier molecular flexibility index (Phi) is 3.96. The third kappa shape index (κ3) is 2.95. The molecule has 110 valence electrons. The molecule has 0 spiro atoms. The monoisotopic (exact) mass is 287 g/mol. The highest BCUT2D eigenvalue weighted by Gasteiger charge is 2.16. The van der Waals surface area contributed by atoms with E-state index in [0.717, 1.165) is 19.5 Å². The predicted octanol–water partition coefficient (Wildman–Crippen LogP) is 2.52. The van der Waals surface area contributed by atoms with Crippen molar-refractivity contribution in [2.24, 2.45) is 5.92 Å². The largest absolute Gasteiger partial charge is 0.493 e. The van der Waals surface area contributed by atoms with Crippen LogP contribution in [0.1, 0.15) is 12.8 Å². The molecule has 6 heteroatoms. The van der Waals surface area contributed by atoms with Gasteiger partial charge >= 0.3 is 0 Å². The first-order valence-corrected chi connectivity index (χ1v) is 7.11. The predicted molar refractivity (Wildman–Crippen MR) is 79.5 cm³/mol. The summed E-state index contributed by atoms with van der Waals surface area (Å²) in [5, 5.41) is 15.1. The molecule has 2 aromatic rings. The van der Waals surface area contributed by atoms with Crippen LogP contribution in [0.15, 0.2) is 30.5 Å². The molecule has 0 radical (unpaired) electrons. The van der Waals surface area contributed by atoms with E-state index in [1.807, 2.05) is 6.07 Å². The van der Waals surface area contributed by atoms with E-state index < -0.39 is 4.92 Å². The SMILES string of the molecule is O=[N+]([O-])c1cccc2c(OCCC3CCNC3)ccnc12. The van der Waals surface area contributed by atoms with Crippen LogP contribution >= 0.6 is 0 Å². The van der Waals surface area contributed by atoms with Gasteiger partial charge in [-0.05, 0) is 44.0 Å². The molecule has 1 aromatic carbocycles. The number of nitrogens with zero attached hydrogens (tertiary/aromatic N) is 2. The first kappa shape index (κ1) is 13.8. The van der Waals surface area contributed by atoms with Crippen LogP contribution in [0.25, 0.3) is 10.9 Å². The number of non-ortho nitro benzene ring substituents is 1. The van der Waals surface area contributed by atoms with Gasteiger partial charge in [-0.2, -0.15) is 0 Å². The second-order valence-corrected chi connectivity index (χ2v) is 5.24. The molecule has 21 heavy (non-hydrogen) atoms. The topological polar surface area (TPSA) is 77.3 Å². The minimum absolute atomic E-state index is 0.0120. The number of pyridine rings is 1. The van der Waals surface area contributed by atoms with Gasteiger partial charge in [-0.25, -0.2) is 4.98 Å². The van der Waals surface area contributed by atoms with Crippen molar-refractivity contribution in [2.75, 3.05) is 19.7 Å². The van der Waals surface area contributed by atoms with E-state index >= 15 is 0 Å². The van der Waals surface area contributed by atoms with Crippen LogP contribution in [-0.4, -0.2) is 29.6 Å². The average Bonchev–Trinajstić information content (AvgIpc) is 3.00. The minimum Gasteiger partial charge on any atom is -0.493 e. The van der Waals surface area contributed by atoms with Gasteiger partial charge in [0, 0.05) is 17.6 Å². The standard InChI is InChI=1S/C15H17N3O3/c19-18(20)13-3-1-2-12-14(5-8-17-15(12)13)21-9-6-11-4-7-16-10-11/h1-3,5,8,11,16H,4,6-7,9-10H2. The number of ether oxygens (including phenoxy) is 1. The highest BCUT2D eigenvalue weighted by atomic mass is 16.6. The zero-order chi connectivity index (χ0) is 14.7. The van der Waals surface area contributed by atoms with Gasteiger partial charge in [0.05, 0.1) is 11.5 Å². The molecule has 1 unspecified atom stereocenters. The number of hydrogen-bond donors (Lipinski definition) is 1. The molecule has 1 saturated heterocycles. The fourth-order valence-electron chi connectivity index (χ4n) is 2.70. The van der Waals surface area contributed by atoms with Gasteiger partial charge < -0.3 is 10.1 Å². The summed E-state index contributed by atoms with van der Waals surface area (Å²) in [4.78, 5) is 14.7. The van der Waals surface area contributed by atoms with Crippen molar-refractivity contribution >= 4 is 16.6 Å². The van der Waals surface area contributed by atoms with E-state index in [9.17, 15) is 10.1 Å². The van der Waals surface area contributed by atoms with E-state index in [2.05, 4.69) is 10.3 Å². The molecule has 0 saturated carbocycles. The number of para-hydroxylation sites is 1. The first-order chi connectivity index (χ1) is 10.3. The fraction of sp³-hybridized carbons (Fsp3) is 0.400. The maximum atomic E-state index is 11.0. The van der Waals surface area contributed by atoms with E-state index in [1.54, 1.807) is 18.3 Å². The van der Waals surface area contributed by atoms with Crippen molar-refractivity contribution in [1.29, 1.82) is 0 Å². The van der Waals surface area contributed by atoms with Gasteiger partial charge in [-0.3, -0.25) is 10.1 Å². The normalized spacial score (nSPS) is 18.0. The Morgan fingerprint density at radius 2 is 2.33 bits per heavy atom. The second kappa shape index (κ2) is 6.05. The molecular weight excluding hydrogens is 270 g/mol. The summed E-state index contributed by atoms with van der Waals surface area (Å²) >= 11 is 0. The summed E-state index contributed by atoms with van der Waals surface area (Å²) in [6.07, 6.45) is 3.74. The Morgan fingerprint density at radius 3 is 3.10 bits per heavy atom. The van der Waals surface area contributed by atoms with Gasteiger partial charge in [0.1, 0.15) is 5.75 Å². The van der Waals surface area contributed by atoms with Crippen LogP contribution in [0.5, 0.6) is 5.75 Å². The zero-order valence-corrected chi connectivity index (χ0v) is 11.6. The third-order valence-electron chi connectivity index (χ3n) is 3.85. The Balaban J connectivity index is 1.78. The fourth-order valence-corrected chi connectivity index (χ4v) is 2.70. The van der Waals surface area contributed by atoms with Gasteiger partial charge in [-0.1, -0.05) is 6.07 Å². The Hall–Kier alpha value is -2.21. The molecule has 0 amide bonds. The lowest BCUT2D eigenvalue weighted by Crippen LogP contribution is -2.11. The van der Waals surface area contributed by atoms with Gasteiger partial charge in [0.25, 0.3) is 5.69 Å². The lowest BCUT2D eigenvalue weighted by molar-refractivity contribution is -0.383. The molecule has 1 aliphatic heterocycles. The lowest BCUT2D eigenvalue weighted by atomic mass is 10.1. The molecule has 1 N–H and O–H groups in total. The third-order valence-corrected chi connectivity index (χ3v) is 3.85. The molecule has 0 bridgehead atoms. The summed E-state index contributed by atoms with van der Waals surface area (Å²) < 4.78 is 5.83. The van der Waals surface area contributed by atoms with Crippen molar-refractivity contribution in [3.63, 3.8) is 0 Å². The lowest BCUT2D eigenvalue weighted by Gasteiger charge is -2.11. The maximum Gasteiger partial charge on any atom is 0.295 e. The quantitative estimate of drug-likeness (QED) is 0.675. The Morgan fingerprint density at radius 1 is 1.43 bits per heavy atom. The molecule has 2 heterocycles. The van der Waals surface area contributed by atoms with Gasteiger partial charge in [0.15, 0.2) is 5.52 Å². The van der Waals surface area contributed by atoms with Crippen molar-refractivity contribution < 1.29 is 9.66 Å². The number of benzene rings is 1. The second-order valence-electron chi connectivity index (χ2n) is 5.24. The minimum atomic E-state index is -0.413. The molecule has 6 nitrogen and oxygen atoms in total. The van der Waals surface area contributed by atoms with Crippen molar-refractivity contribution in [1.82, 2.24) is 10.3 Å². The molecular formula is C15H17N3O3. The number of nitro groups is 1. The summed E-state index contributed by atoms with van der Waals surface area (Å²) in [7, 11) is 0.